The Hall–Kier alpha value is -2.79. The molecule has 0 amide bonds. The number of thiophene rings is 1. The maximum atomic E-state index is 13.1. The summed E-state index contributed by atoms with van der Waals surface area (Å²) in [6, 6.07) is 12.4. The Morgan fingerprint density at radius 3 is 2.58 bits per heavy atom. The van der Waals surface area contributed by atoms with Gasteiger partial charge in [0.1, 0.15) is 10.6 Å². The normalized spacial score (nSPS) is 11.2. The Morgan fingerprint density at radius 2 is 1.85 bits per heavy atom. The van der Waals surface area contributed by atoms with Crippen LogP contribution in [0.4, 0.5) is 4.39 Å². The van der Waals surface area contributed by atoms with Crippen molar-refractivity contribution in [3.63, 3.8) is 0 Å². The smallest absolute Gasteiger partial charge is 0.263 e. The number of hydrogen-bond donors (Lipinski definition) is 0. The van der Waals surface area contributed by atoms with Crippen LogP contribution in [-0.4, -0.2) is 9.55 Å². The maximum Gasteiger partial charge on any atom is 0.263 e. The van der Waals surface area contributed by atoms with E-state index >= 15 is 0 Å². The van der Waals surface area contributed by atoms with Gasteiger partial charge in [0.2, 0.25) is 0 Å². The van der Waals surface area contributed by atoms with Crippen molar-refractivity contribution in [1.82, 2.24) is 9.55 Å². The van der Waals surface area contributed by atoms with Crippen LogP contribution in [0.3, 0.4) is 0 Å². The predicted octanol–water partition coefficient (Wildman–Crippen LogP) is 4.93. The maximum absolute atomic E-state index is 13.1. The van der Waals surface area contributed by atoms with Crippen LogP contribution in [-0.2, 0) is 6.54 Å². The van der Waals surface area contributed by atoms with E-state index in [2.05, 4.69) is 31.0 Å². The third-order valence-electron chi connectivity index (χ3n) is 4.64. The molecule has 0 aliphatic carbocycles. The largest absolute Gasteiger partial charge is 0.294 e. The molecule has 0 aliphatic heterocycles. The number of nitrogens with zero attached hydrogens (tertiary/aromatic N) is 2. The van der Waals surface area contributed by atoms with E-state index in [1.165, 1.54) is 34.6 Å². The quantitative estimate of drug-likeness (QED) is 0.517. The topological polar surface area (TPSA) is 34.9 Å². The molecule has 0 radical (unpaired) electrons. The standard InChI is InChI=1S/C21H17FN2OS/c1-13-3-6-16(9-14(13)2)18-11-26-20-19(18)21(25)24(12-23-20)10-15-4-7-17(22)8-5-15/h3-9,11-12H,10H2,1-2H3. The molecular weight excluding hydrogens is 347 g/mol. The average Bonchev–Trinajstić information content (AvgIpc) is 3.06. The van der Waals surface area contributed by atoms with E-state index in [1.54, 1.807) is 23.0 Å². The molecule has 0 aliphatic rings. The molecule has 130 valence electrons. The van der Waals surface area contributed by atoms with Gasteiger partial charge in [-0.15, -0.1) is 11.3 Å². The number of rotatable bonds is 3. The van der Waals surface area contributed by atoms with Crippen molar-refractivity contribution < 1.29 is 4.39 Å². The second kappa shape index (κ2) is 6.50. The van der Waals surface area contributed by atoms with Crippen LogP contribution >= 0.6 is 11.3 Å². The van der Waals surface area contributed by atoms with Gasteiger partial charge >= 0.3 is 0 Å². The fraction of sp³-hybridized carbons (Fsp3) is 0.143. The summed E-state index contributed by atoms with van der Waals surface area (Å²) in [6.45, 7) is 4.50. The van der Waals surface area contributed by atoms with Crippen molar-refractivity contribution in [1.29, 1.82) is 0 Å². The van der Waals surface area contributed by atoms with Crippen LogP contribution < -0.4 is 5.56 Å². The summed E-state index contributed by atoms with van der Waals surface area (Å²) in [5.41, 5.74) is 5.14. The summed E-state index contributed by atoms with van der Waals surface area (Å²) in [6.07, 6.45) is 1.56. The monoisotopic (exact) mass is 364 g/mol. The minimum absolute atomic E-state index is 0.0752. The number of fused-ring (bicyclic) bond motifs is 1. The Morgan fingerprint density at radius 1 is 1.08 bits per heavy atom. The highest BCUT2D eigenvalue weighted by Crippen LogP contribution is 2.31. The van der Waals surface area contributed by atoms with Gasteiger partial charge in [0.05, 0.1) is 18.3 Å². The molecule has 26 heavy (non-hydrogen) atoms. The highest BCUT2D eigenvalue weighted by atomic mass is 32.1. The zero-order valence-electron chi connectivity index (χ0n) is 14.5. The van der Waals surface area contributed by atoms with Gasteiger partial charge in [0.25, 0.3) is 5.56 Å². The van der Waals surface area contributed by atoms with Gasteiger partial charge in [0, 0.05) is 10.9 Å². The first-order valence-electron chi connectivity index (χ1n) is 8.31. The molecule has 0 saturated carbocycles. The van der Waals surface area contributed by atoms with Gasteiger partial charge < -0.3 is 0 Å². The highest BCUT2D eigenvalue weighted by Gasteiger charge is 2.14. The first-order chi connectivity index (χ1) is 12.5. The van der Waals surface area contributed by atoms with E-state index in [4.69, 9.17) is 0 Å². The molecule has 0 bridgehead atoms. The molecule has 2 aromatic heterocycles. The Labute approximate surface area is 154 Å². The second-order valence-corrected chi connectivity index (χ2v) is 7.29. The molecule has 5 heteroatoms. The molecule has 2 heterocycles. The minimum atomic E-state index is -0.287. The van der Waals surface area contributed by atoms with Crippen LogP contribution in [0.5, 0.6) is 0 Å². The van der Waals surface area contributed by atoms with Crippen molar-refractivity contribution in [3.8, 4) is 11.1 Å². The Bertz CT molecular complexity index is 1160. The predicted molar refractivity (Wildman–Crippen MR) is 104 cm³/mol. The number of hydrogen-bond acceptors (Lipinski definition) is 3. The summed E-state index contributed by atoms with van der Waals surface area (Å²) >= 11 is 1.48. The van der Waals surface area contributed by atoms with Gasteiger partial charge in [-0.05, 0) is 48.2 Å². The molecular formula is C21H17FN2OS. The highest BCUT2D eigenvalue weighted by molar-refractivity contribution is 7.17. The lowest BCUT2D eigenvalue weighted by Crippen LogP contribution is -2.21. The summed E-state index contributed by atoms with van der Waals surface area (Å²) in [7, 11) is 0. The van der Waals surface area contributed by atoms with Crippen molar-refractivity contribution in [2.24, 2.45) is 0 Å². The van der Waals surface area contributed by atoms with E-state index < -0.39 is 0 Å². The molecule has 4 rings (SSSR count). The molecule has 0 N–H and O–H groups in total. The summed E-state index contributed by atoms with van der Waals surface area (Å²) in [5.74, 6) is -0.287. The van der Waals surface area contributed by atoms with Crippen molar-refractivity contribution in [3.05, 3.63) is 87.0 Å². The average molecular weight is 364 g/mol. The number of aryl methyl sites for hydroxylation is 2. The fourth-order valence-electron chi connectivity index (χ4n) is 2.99. The molecule has 2 aromatic carbocycles. The molecule has 0 unspecified atom stereocenters. The van der Waals surface area contributed by atoms with E-state index in [-0.39, 0.29) is 11.4 Å². The van der Waals surface area contributed by atoms with E-state index in [0.29, 0.717) is 11.9 Å². The van der Waals surface area contributed by atoms with E-state index in [9.17, 15) is 9.18 Å². The van der Waals surface area contributed by atoms with Crippen molar-refractivity contribution in [2.75, 3.05) is 0 Å². The zero-order valence-corrected chi connectivity index (χ0v) is 15.3. The van der Waals surface area contributed by atoms with Crippen molar-refractivity contribution in [2.45, 2.75) is 20.4 Å². The summed E-state index contributed by atoms with van der Waals surface area (Å²) in [5, 5.41) is 2.63. The van der Waals surface area contributed by atoms with Crippen LogP contribution in [0, 0.1) is 19.7 Å². The first-order valence-corrected chi connectivity index (χ1v) is 9.19. The lowest BCUT2D eigenvalue weighted by atomic mass is 10.0. The summed E-state index contributed by atoms with van der Waals surface area (Å²) < 4.78 is 14.7. The first kappa shape index (κ1) is 16.7. The SMILES string of the molecule is Cc1ccc(-c2csc3ncn(Cc4ccc(F)cc4)c(=O)c23)cc1C. The van der Waals surface area contributed by atoms with Gasteiger partial charge in [-0.2, -0.15) is 0 Å². The molecule has 0 spiro atoms. The summed E-state index contributed by atoms with van der Waals surface area (Å²) in [4.78, 5) is 18.2. The van der Waals surface area contributed by atoms with Gasteiger partial charge in [0.15, 0.2) is 0 Å². The molecule has 3 nitrogen and oxygen atoms in total. The van der Waals surface area contributed by atoms with Crippen LogP contribution in [0.15, 0.2) is 59.0 Å². The van der Waals surface area contributed by atoms with Crippen LogP contribution in [0.2, 0.25) is 0 Å². The van der Waals surface area contributed by atoms with Gasteiger partial charge in [-0.3, -0.25) is 9.36 Å². The van der Waals surface area contributed by atoms with Gasteiger partial charge in [-0.1, -0.05) is 30.3 Å². The van der Waals surface area contributed by atoms with E-state index in [0.717, 1.165) is 21.5 Å². The number of halogens is 1. The lowest BCUT2D eigenvalue weighted by Gasteiger charge is -2.07. The van der Waals surface area contributed by atoms with Gasteiger partial charge in [-0.25, -0.2) is 9.37 Å². The van der Waals surface area contributed by atoms with E-state index in [1.807, 2.05) is 11.4 Å². The third-order valence-corrected chi connectivity index (χ3v) is 5.53. The molecule has 0 saturated heterocycles. The Balaban J connectivity index is 1.82. The number of aromatic nitrogens is 2. The van der Waals surface area contributed by atoms with Crippen LogP contribution in [0.25, 0.3) is 21.3 Å². The lowest BCUT2D eigenvalue weighted by molar-refractivity contribution is 0.626. The van der Waals surface area contributed by atoms with Crippen molar-refractivity contribution >= 4 is 21.6 Å². The number of benzene rings is 2. The minimum Gasteiger partial charge on any atom is -0.294 e. The molecule has 4 aromatic rings. The molecule has 0 fully saturated rings. The molecule has 0 atom stereocenters. The Kier molecular flexibility index (Phi) is 4.17. The second-order valence-electron chi connectivity index (χ2n) is 6.43. The zero-order chi connectivity index (χ0) is 18.3. The fourth-order valence-corrected chi connectivity index (χ4v) is 3.89. The van der Waals surface area contributed by atoms with Crippen LogP contribution in [0.1, 0.15) is 16.7 Å². The third kappa shape index (κ3) is 2.95.